The summed E-state index contributed by atoms with van der Waals surface area (Å²) in [6.45, 7) is 3.96. The number of esters is 1. The van der Waals surface area contributed by atoms with Gasteiger partial charge in [0.25, 0.3) is 0 Å². The van der Waals surface area contributed by atoms with Gasteiger partial charge in [0.2, 0.25) is 0 Å². The Balaban J connectivity index is 2.35. The van der Waals surface area contributed by atoms with Gasteiger partial charge in [0.15, 0.2) is 0 Å². The Hall–Kier alpha value is -1.75. The maximum Gasteiger partial charge on any atom is 0.344 e. The second-order valence-corrected chi connectivity index (χ2v) is 5.00. The third kappa shape index (κ3) is 2.98. The molecule has 0 aliphatic carbocycles. The molecule has 1 aliphatic heterocycles. The molecule has 0 amide bonds. The molecule has 1 N–H and O–H groups in total. The van der Waals surface area contributed by atoms with Gasteiger partial charge in [-0.15, -0.1) is 0 Å². The van der Waals surface area contributed by atoms with Gasteiger partial charge in [-0.2, -0.15) is 0 Å². The van der Waals surface area contributed by atoms with Crippen molar-refractivity contribution in [3.05, 3.63) is 41.2 Å². The Kier molecular flexibility index (Phi) is 4.27. The lowest BCUT2D eigenvalue weighted by atomic mass is 10.2. The first kappa shape index (κ1) is 13.7. The van der Waals surface area contributed by atoms with E-state index in [9.17, 15) is 9.90 Å². The fourth-order valence-electron chi connectivity index (χ4n) is 1.70. The van der Waals surface area contributed by atoms with Gasteiger partial charge < -0.3 is 9.84 Å². The van der Waals surface area contributed by atoms with E-state index in [4.69, 9.17) is 4.74 Å². The molecule has 1 heterocycles. The van der Waals surface area contributed by atoms with Crippen LogP contribution in [0.3, 0.4) is 0 Å². The normalized spacial score (nSPS) is 17.1. The van der Waals surface area contributed by atoms with Crippen molar-refractivity contribution in [2.75, 3.05) is 12.4 Å². The van der Waals surface area contributed by atoms with Crippen molar-refractivity contribution in [1.29, 1.82) is 0 Å². The quantitative estimate of drug-likeness (QED) is 0.862. The van der Waals surface area contributed by atoms with Crippen LogP contribution in [0.4, 0.5) is 5.69 Å². The molecule has 0 saturated carbocycles. The van der Waals surface area contributed by atoms with Gasteiger partial charge in [-0.3, -0.25) is 0 Å². The number of hydrogen-bond donors (Lipinski definition) is 1. The van der Waals surface area contributed by atoms with Crippen molar-refractivity contribution in [3.63, 3.8) is 0 Å². The second-order valence-electron chi connectivity index (χ2n) is 4.03. The summed E-state index contributed by atoms with van der Waals surface area (Å²) < 4.78 is 4.94. The van der Waals surface area contributed by atoms with Gasteiger partial charge in [0.05, 0.1) is 18.0 Å². The number of carbonyl (C=O) groups excluding carboxylic acids is 1. The molecule has 0 saturated heterocycles. The number of aliphatic hydroxyl groups is 1. The van der Waals surface area contributed by atoms with Gasteiger partial charge >= 0.3 is 5.97 Å². The van der Waals surface area contributed by atoms with Crippen LogP contribution in [-0.2, 0) is 9.53 Å². The minimum absolute atomic E-state index is 0.0378. The molecule has 0 fully saturated rings. The largest absolute Gasteiger partial charge is 0.510 e. The SMILES string of the molecule is CCOC(=O)C1=C(O)CSC1=Nc1ccccc1C. The smallest absolute Gasteiger partial charge is 0.344 e. The first-order valence-corrected chi connectivity index (χ1v) is 6.98. The first-order valence-electron chi connectivity index (χ1n) is 6.00. The summed E-state index contributed by atoms with van der Waals surface area (Å²) >= 11 is 1.34. The van der Waals surface area contributed by atoms with Crippen LogP contribution in [0, 0.1) is 6.92 Å². The molecule has 1 aliphatic rings. The van der Waals surface area contributed by atoms with Crippen LogP contribution in [0.2, 0.25) is 0 Å². The van der Waals surface area contributed by atoms with Crippen LogP contribution in [0.15, 0.2) is 40.6 Å². The summed E-state index contributed by atoms with van der Waals surface area (Å²) in [7, 11) is 0. The minimum atomic E-state index is -0.516. The Morgan fingerprint density at radius 3 is 2.89 bits per heavy atom. The average molecular weight is 277 g/mol. The number of nitrogens with zero attached hydrogens (tertiary/aromatic N) is 1. The molecule has 1 aromatic carbocycles. The molecule has 1 aromatic rings. The monoisotopic (exact) mass is 277 g/mol. The first-order chi connectivity index (χ1) is 9.13. The average Bonchev–Trinajstić information content (AvgIpc) is 2.74. The Morgan fingerprint density at radius 1 is 1.47 bits per heavy atom. The van der Waals surface area contributed by atoms with Crippen molar-refractivity contribution >= 4 is 28.5 Å². The maximum atomic E-state index is 11.8. The summed E-state index contributed by atoms with van der Waals surface area (Å²) in [6, 6.07) is 7.65. The fraction of sp³-hybridized carbons (Fsp3) is 0.286. The Bertz CT molecular complexity index is 564. The fourth-order valence-corrected chi connectivity index (χ4v) is 2.63. The third-order valence-corrected chi connectivity index (χ3v) is 3.65. The van der Waals surface area contributed by atoms with Crippen molar-refractivity contribution in [2.45, 2.75) is 13.8 Å². The molecule has 0 radical (unpaired) electrons. The zero-order valence-electron chi connectivity index (χ0n) is 10.8. The van der Waals surface area contributed by atoms with Gasteiger partial charge in [0.1, 0.15) is 16.4 Å². The minimum Gasteiger partial charge on any atom is -0.510 e. The van der Waals surface area contributed by atoms with Crippen LogP contribution in [-0.4, -0.2) is 28.5 Å². The lowest BCUT2D eigenvalue weighted by Gasteiger charge is -2.05. The van der Waals surface area contributed by atoms with Gasteiger partial charge in [0, 0.05) is 0 Å². The van der Waals surface area contributed by atoms with Gasteiger partial charge in [-0.1, -0.05) is 30.0 Å². The number of carbonyl (C=O) groups is 1. The van der Waals surface area contributed by atoms with Crippen LogP contribution in [0.5, 0.6) is 0 Å². The third-order valence-electron chi connectivity index (χ3n) is 2.67. The lowest BCUT2D eigenvalue weighted by Crippen LogP contribution is -2.12. The summed E-state index contributed by atoms with van der Waals surface area (Å²) in [6.07, 6.45) is 0. The lowest BCUT2D eigenvalue weighted by molar-refractivity contribution is -0.138. The van der Waals surface area contributed by atoms with Crippen molar-refractivity contribution < 1.29 is 14.6 Å². The van der Waals surface area contributed by atoms with E-state index in [2.05, 4.69) is 4.99 Å². The van der Waals surface area contributed by atoms with Crippen molar-refractivity contribution in [3.8, 4) is 0 Å². The van der Waals surface area contributed by atoms with E-state index in [0.29, 0.717) is 10.8 Å². The molecule has 19 heavy (non-hydrogen) atoms. The molecule has 0 bridgehead atoms. The molecule has 0 aromatic heterocycles. The molecular weight excluding hydrogens is 262 g/mol. The van der Waals surface area contributed by atoms with E-state index in [0.717, 1.165) is 11.3 Å². The zero-order valence-corrected chi connectivity index (χ0v) is 11.7. The molecule has 100 valence electrons. The highest BCUT2D eigenvalue weighted by Crippen LogP contribution is 2.30. The number of aryl methyl sites for hydroxylation is 1. The van der Waals surface area contributed by atoms with E-state index < -0.39 is 5.97 Å². The number of benzene rings is 1. The van der Waals surface area contributed by atoms with Gasteiger partial charge in [-0.25, -0.2) is 9.79 Å². The van der Waals surface area contributed by atoms with E-state index in [-0.39, 0.29) is 17.9 Å². The highest BCUT2D eigenvalue weighted by atomic mass is 32.2. The number of thioether (sulfide) groups is 1. The summed E-state index contributed by atoms with van der Waals surface area (Å²) in [5.41, 5.74) is 2.00. The zero-order chi connectivity index (χ0) is 13.8. The van der Waals surface area contributed by atoms with E-state index in [1.807, 2.05) is 31.2 Å². The predicted octanol–water partition coefficient (Wildman–Crippen LogP) is 3.15. The standard InChI is InChI=1S/C14H15NO3S/c1-3-18-14(17)12-11(16)8-19-13(12)15-10-7-5-4-6-9(10)2/h4-7,16H,3,8H2,1-2H3. The van der Waals surface area contributed by atoms with Crippen LogP contribution < -0.4 is 0 Å². The topological polar surface area (TPSA) is 58.9 Å². The molecule has 2 rings (SSSR count). The molecule has 0 atom stereocenters. The van der Waals surface area contributed by atoms with Gasteiger partial charge in [-0.05, 0) is 25.5 Å². The van der Waals surface area contributed by atoms with Crippen molar-refractivity contribution in [1.82, 2.24) is 0 Å². The van der Waals surface area contributed by atoms with Crippen LogP contribution in [0.25, 0.3) is 0 Å². The highest BCUT2D eigenvalue weighted by molar-refractivity contribution is 8.15. The number of aliphatic hydroxyl groups excluding tert-OH is 1. The van der Waals surface area contributed by atoms with Crippen molar-refractivity contribution in [2.24, 2.45) is 4.99 Å². The van der Waals surface area contributed by atoms with Crippen LogP contribution >= 0.6 is 11.8 Å². The van der Waals surface area contributed by atoms with E-state index >= 15 is 0 Å². The Labute approximate surface area is 116 Å². The molecule has 4 nitrogen and oxygen atoms in total. The number of rotatable bonds is 3. The number of hydrogen-bond acceptors (Lipinski definition) is 5. The summed E-state index contributed by atoms with van der Waals surface area (Å²) in [5, 5.41) is 10.3. The second kappa shape index (κ2) is 5.93. The van der Waals surface area contributed by atoms with E-state index in [1.54, 1.807) is 6.92 Å². The molecule has 0 unspecified atom stereocenters. The molecular formula is C14H15NO3S. The number of ether oxygens (including phenoxy) is 1. The van der Waals surface area contributed by atoms with Crippen LogP contribution in [0.1, 0.15) is 12.5 Å². The number of aliphatic imine (C=N–C) groups is 1. The predicted molar refractivity (Wildman–Crippen MR) is 77.0 cm³/mol. The summed E-state index contributed by atoms with van der Waals surface area (Å²) in [4.78, 5) is 16.3. The highest BCUT2D eigenvalue weighted by Gasteiger charge is 2.29. The van der Waals surface area contributed by atoms with E-state index in [1.165, 1.54) is 11.8 Å². The maximum absolute atomic E-state index is 11.8. The molecule has 5 heteroatoms. The number of para-hydroxylation sites is 1. The Morgan fingerprint density at radius 2 is 2.21 bits per heavy atom. The molecule has 0 spiro atoms. The summed E-state index contributed by atoms with van der Waals surface area (Å²) in [5.74, 6) is -0.119.